The first-order valence-corrected chi connectivity index (χ1v) is 6.89. The topological polar surface area (TPSA) is 48.3 Å². The Hall–Kier alpha value is -2.01. The van der Waals surface area contributed by atoms with Crippen molar-refractivity contribution in [2.45, 2.75) is 26.4 Å². The number of hydrogen-bond donors (Lipinski definition) is 1. The van der Waals surface area contributed by atoms with Gasteiger partial charge in [-0.25, -0.2) is 0 Å². The zero-order chi connectivity index (χ0) is 13.9. The summed E-state index contributed by atoms with van der Waals surface area (Å²) in [6, 6.07) is 8.32. The highest BCUT2D eigenvalue weighted by molar-refractivity contribution is 5.45. The Kier molecular flexibility index (Phi) is 3.60. The molecule has 1 aromatic heterocycles. The van der Waals surface area contributed by atoms with Gasteiger partial charge in [0.05, 0.1) is 12.6 Å². The lowest BCUT2D eigenvalue weighted by atomic mass is 10.1. The predicted octanol–water partition coefficient (Wildman–Crippen LogP) is 2.27. The van der Waals surface area contributed by atoms with Gasteiger partial charge < -0.3 is 14.8 Å². The number of rotatable bonds is 5. The third-order valence-electron chi connectivity index (χ3n) is 3.53. The van der Waals surface area contributed by atoms with E-state index in [4.69, 9.17) is 9.47 Å². The maximum absolute atomic E-state index is 5.45. The summed E-state index contributed by atoms with van der Waals surface area (Å²) in [5.74, 6) is 1.64. The first-order valence-electron chi connectivity index (χ1n) is 6.89. The van der Waals surface area contributed by atoms with Crippen LogP contribution in [-0.2, 0) is 6.54 Å². The van der Waals surface area contributed by atoms with Gasteiger partial charge in [-0.3, -0.25) is 4.68 Å². The highest BCUT2D eigenvalue weighted by atomic mass is 16.7. The van der Waals surface area contributed by atoms with E-state index < -0.39 is 0 Å². The van der Waals surface area contributed by atoms with E-state index in [0.29, 0.717) is 6.79 Å². The van der Waals surface area contributed by atoms with E-state index >= 15 is 0 Å². The number of fused-ring (bicyclic) bond motifs is 1. The molecule has 0 amide bonds. The SMILES string of the molecule is CCNC(Cn1nccc1C)c1ccc2c(c1)OCO2. The average molecular weight is 273 g/mol. The molecule has 0 fully saturated rings. The third kappa shape index (κ3) is 2.49. The van der Waals surface area contributed by atoms with Crippen molar-refractivity contribution in [2.24, 2.45) is 0 Å². The number of benzene rings is 1. The first-order chi connectivity index (χ1) is 9.78. The van der Waals surface area contributed by atoms with Crippen molar-refractivity contribution in [3.63, 3.8) is 0 Å². The van der Waals surface area contributed by atoms with Crippen LogP contribution in [0.2, 0.25) is 0 Å². The molecule has 0 saturated carbocycles. The molecule has 1 aliphatic rings. The molecular weight excluding hydrogens is 254 g/mol. The van der Waals surface area contributed by atoms with Crippen molar-refractivity contribution in [2.75, 3.05) is 13.3 Å². The van der Waals surface area contributed by atoms with E-state index in [0.717, 1.165) is 30.3 Å². The van der Waals surface area contributed by atoms with Crippen molar-refractivity contribution in [1.82, 2.24) is 15.1 Å². The summed E-state index contributed by atoms with van der Waals surface area (Å²) < 4.78 is 12.8. The normalized spacial score (nSPS) is 14.5. The minimum Gasteiger partial charge on any atom is -0.454 e. The Balaban J connectivity index is 1.84. The molecule has 3 rings (SSSR count). The summed E-state index contributed by atoms with van der Waals surface area (Å²) in [6.07, 6.45) is 1.83. The standard InChI is InChI=1S/C15H19N3O2/c1-3-16-13(9-18-11(2)6-7-17-18)12-4-5-14-15(8-12)20-10-19-14/h4-8,13,16H,3,9-10H2,1-2H3. The number of hydrogen-bond acceptors (Lipinski definition) is 4. The van der Waals surface area contributed by atoms with Gasteiger partial charge in [0.2, 0.25) is 6.79 Å². The molecule has 5 nitrogen and oxygen atoms in total. The molecule has 0 radical (unpaired) electrons. The van der Waals surface area contributed by atoms with Crippen molar-refractivity contribution in [3.05, 3.63) is 41.7 Å². The Bertz CT molecular complexity index is 595. The second-order valence-electron chi connectivity index (χ2n) is 4.88. The number of aryl methyl sites for hydroxylation is 1. The van der Waals surface area contributed by atoms with Crippen LogP contribution in [0.1, 0.15) is 24.2 Å². The number of aromatic nitrogens is 2. The van der Waals surface area contributed by atoms with Crippen molar-refractivity contribution in [3.8, 4) is 11.5 Å². The maximum Gasteiger partial charge on any atom is 0.231 e. The largest absolute Gasteiger partial charge is 0.454 e. The van der Waals surface area contributed by atoms with Crippen LogP contribution in [-0.4, -0.2) is 23.1 Å². The molecule has 1 N–H and O–H groups in total. The summed E-state index contributed by atoms with van der Waals surface area (Å²) in [5.41, 5.74) is 2.35. The van der Waals surface area contributed by atoms with E-state index in [2.05, 4.69) is 36.4 Å². The molecule has 0 spiro atoms. The van der Waals surface area contributed by atoms with Crippen LogP contribution in [0.15, 0.2) is 30.5 Å². The van der Waals surface area contributed by atoms with Crippen LogP contribution in [0.25, 0.3) is 0 Å². The first kappa shape index (κ1) is 13.0. The lowest BCUT2D eigenvalue weighted by Gasteiger charge is -2.19. The summed E-state index contributed by atoms with van der Waals surface area (Å²) in [4.78, 5) is 0. The van der Waals surface area contributed by atoms with Gasteiger partial charge in [0.1, 0.15) is 0 Å². The molecule has 0 saturated heterocycles. The van der Waals surface area contributed by atoms with Gasteiger partial charge in [-0.1, -0.05) is 13.0 Å². The lowest BCUT2D eigenvalue weighted by Crippen LogP contribution is -2.26. The summed E-state index contributed by atoms with van der Waals surface area (Å²) in [5, 5.41) is 7.85. The number of ether oxygens (including phenoxy) is 2. The van der Waals surface area contributed by atoms with E-state index in [1.807, 2.05) is 23.0 Å². The molecule has 5 heteroatoms. The van der Waals surface area contributed by atoms with Gasteiger partial charge >= 0.3 is 0 Å². The van der Waals surface area contributed by atoms with Crippen LogP contribution < -0.4 is 14.8 Å². The zero-order valence-electron chi connectivity index (χ0n) is 11.8. The van der Waals surface area contributed by atoms with E-state index in [1.165, 1.54) is 5.56 Å². The van der Waals surface area contributed by atoms with Crippen molar-refractivity contribution in [1.29, 1.82) is 0 Å². The molecule has 1 atom stereocenters. The molecule has 106 valence electrons. The van der Waals surface area contributed by atoms with Crippen LogP contribution in [0, 0.1) is 6.92 Å². The van der Waals surface area contributed by atoms with Gasteiger partial charge in [0.25, 0.3) is 0 Å². The van der Waals surface area contributed by atoms with Gasteiger partial charge in [0, 0.05) is 11.9 Å². The van der Waals surface area contributed by atoms with E-state index in [1.54, 1.807) is 0 Å². The molecule has 0 aliphatic carbocycles. The Labute approximate surface area is 118 Å². The molecule has 1 unspecified atom stereocenters. The summed E-state index contributed by atoms with van der Waals surface area (Å²) >= 11 is 0. The Morgan fingerprint density at radius 3 is 2.90 bits per heavy atom. The second-order valence-corrected chi connectivity index (χ2v) is 4.88. The average Bonchev–Trinajstić information content (AvgIpc) is 3.06. The summed E-state index contributed by atoms with van der Waals surface area (Å²) in [7, 11) is 0. The third-order valence-corrected chi connectivity index (χ3v) is 3.53. The highest BCUT2D eigenvalue weighted by Gasteiger charge is 2.18. The maximum atomic E-state index is 5.45. The summed E-state index contributed by atoms with van der Waals surface area (Å²) in [6.45, 7) is 6.18. The Morgan fingerprint density at radius 2 is 2.15 bits per heavy atom. The molecule has 0 bridgehead atoms. The molecular formula is C15H19N3O2. The Morgan fingerprint density at radius 1 is 1.30 bits per heavy atom. The number of likely N-dealkylation sites (N-methyl/N-ethyl adjacent to an activating group) is 1. The second kappa shape index (κ2) is 5.54. The monoisotopic (exact) mass is 273 g/mol. The van der Waals surface area contributed by atoms with Gasteiger partial charge in [0.15, 0.2) is 11.5 Å². The highest BCUT2D eigenvalue weighted by Crippen LogP contribution is 2.34. The van der Waals surface area contributed by atoms with Gasteiger partial charge in [-0.15, -0.1) is 0 Å². The smallest absolute Gasteiger partial charge is 0.231 e. The fourth-order valence-corrected chi connectivity index (χ4v) is 2.43. The van der Waals surface area contributed by atoms with Crippen LogP contribution in [0.3, 0.4) is 0 Å². The quantitative estimate of drug-likeness (QED) is 0.908. The predicted molar refractivity (Wildman–Crippen MR) is 75.9 cm³/mol. The zero-order valence-corrected chi connectivity index (χ0v) is 11.8. The van der Waals surface area contributed by atoms with E-state index in [9.17, 15) is 0 Å². The van der Waals surface area contributed by atoms with Crippen LogP contribution in [0.5, 0.6) is 11.5 Å². The van der Waals surface area contributed by atoms with Crippen molar-refractivity contribution < 1.29 is 9.47 Å². The van der Waals surface area contributed by atoms with Crippen molar-refractivity contribution >= 4 is 0 Å². The number of nitrogens with one attached hydrogen (secondary N) is 1. The number of nitrogens with zero attached hydrogens (tertiary/aromatic N) is 2. The fraction of sp³-hybridized carbons (Fsp3) is 0.400. The fourth-order valence-electron chi connectivity index (χ4n) is 2.43. The van der Waals surface area contributed by atoms with Gasteiger partial charge in [-0.05, 0) is 37.2 Å². The minimum atomic E-state index is 0.202. The van der Waals surface area contributed by atoms with Crippen LogP contribution >= 0.6 is 0 Å². The van der Waals surface area contributed by atoms with Crippen LogP contribution in [0.4, 0.5) is 0 Å². The lowest BCUT2D eigenvalue weighted by molar-refractivity contribution is 0.174. The molecule has 2 heterocycles. The van der Waals surface area contributed by atoms with Gasteiger partial charge in [-0.2, -0.15) is 5.10 Å². The minimum absolute atomic E-state index is 0.202. The molecule has 2 aromatic rings. The molecule has 20 heavy (non-hydrogen) atoms. The molecule has 1 aliphatic heterocycles. The molecule has 1 aromatic carbocycles. The van der Waals surface area contributed by atoms with E-state index in [-0.39, 0.29) is 6.04 Å².